The van der Waals surface area contributed by atoms with E-state index in [1.54, 1.807) is 18.2 Å². The Balaban J connectivity index is 2.23. The van der Waals surface area contributed by atoms with Crippen molar-refractivity contribution in [2.24, 2.45) is 0 Å². The van der Waals surface area contributed by atoms with Crippen LogP contribution in [0.15, 0.2) is 38.0 Å². The van der Waals surface area contributed by atoms with Gasteiger partial charge in [-0.15, -0.1) is 0 Å². The fourth-order valence-corrected chi connectivity index (χ4v) is 4.25. The maximum atomic E-state index is 13.0. The number of carbonyl (C=O) groups is 1. The molecule has 3 aromatic rings. The second kappa shape index (κ2) is 5.00. The molecule has 0 radical (unpaired) electrons. The summed E-state index contributed by atoms with van der Waals surface area (Å²) >= 11 is 13.0. The summed E-state index contributed by atoms with van der Waals surface area (Å²) in [5, 5.41) is 0.557. The van der Waals surface area contributed by atoms with Gasteiger partial charge in [-0.3, -0.25) is 14.2 Å². The monoisotopic (exact) mass is 452 g/mol. The van der Waals surface area contributed by atoms with Crippen LogP contribution in [0.25, 0.3) is 16.6 Å². The van der Waals surface area contributed by atoms with Crippen molar-refractivity contribution < 1.29 is 4.79 Å². The zero-order valence-corrected chi connectivity index (χ0v) is 15.6. The van der Waals surface area contributed by atoms with Gasteiger partial charge < -0.3 is 0 Å². The second-order valence-electron chi connectivity index (χ2n) is 5.30. The highest BCUT2D eigenvalue weighted by molar-refractivity contribution is 9.11. The van der Waals surface area contributed by atoms with Crippen molar-refractivity contribution in [1.29, 1.82) is 0 Å². The zero-order chi connectivity index (χ0) is 16.5. The molecule has 0 bridgehead atoms. The molecule has 0 amide bonds. The van der Waals surface area contributed by atoms with Crippen molar-refractivity contribution in [3.8, 4) is 5.69 Å². The molecule has 0 saturated carbocycles. The lowest BCUT2D eigenvalue weighted by molar-refractivity contribution is 0.103. The minimum Gasteiger partial charge on any atom is -0.285 e. The maximum absolute atomic E-state index is 13.0. The van der Waals surface area contributed by atoms with Crippen LogP contribution in [0.2, 0.25) is 5.02 Å². The standard InChI is InChI=1S/C16H7Br2ClN2O2/c1-6-2-3-10-7(4-6)14(22)15-20-13-9(18)5-8(17)12(19)11(13)16(23)21(10)15/h2-5H,1H3. The van der Waals surface area contributed by atoms with Crippen LogP contribution in [0.3, 0.4) is 0 Å². The summed E-state index contributed by atoms with van der Waals surface area (Å²) in [6.45, 7) is 1.90. The van der Waals surface area contributed by atoms with Crippen LogP contribution >= 0.6 is 43.5 Å². The third-order valence-corrected chi connectivity index (χ3v) is 5.68. The van der Waals surface area contributed by atoms with Crippen LogP contribution in [-0.2, 0) is 0 Å². The minimum atomic E-state index is -0.354. The highest BCUT2D eigenvalue weighted by atomic mass is 79.9. The topological polar surface area (TPSA) is 52.0 Å². The average Bonchev–Trinajstić information content (AvgIpc) is 2.78. The summed E-state index contributed by atoms with van der Waals surface area (Å²) in [6, 6.07) is 7.10. The smallest absolute Gasteiger partial charge is 0.267 e. The first-order valence-corrected chi connectivity index (χ1v) is 8.62. The van der Waals surface area contributed by atoms with E-state index >= 15 is 0 Å². The number of aromatic nitrogens is 2. The summed E-state index contributed by atoms with van der Waals surface area (Å²) in [4.78, 5) is 30.0. The van der Waals surface area contributed by atoms with Gasteiger partial charge in [0.1, 0.15) is 0 Å². The summed E-state index contributed by atoms with van der Waals surface area (Å²) in [5.41, 5.74) is 2.00. The first-order valence-electron chi connectivity index (χ1n) is 6.66. The molecular weight excluding hydrogens is 447 g/mol. The fraction of sp³-hybridized carbons (Fsp3) is 0.0625. The van der Waals surface area contributed by atoms with Crippen molar-refractivity contribution >= 4 is 60.1 Å². The quantitative estimate of drug-likeness (QED) is 0.370. The van der Waals surface area contributed by atoms with Crippen molar-refractivity contribution in [3.63, 3.8) is 0 Å². The van der Waals surface area contributed by atoms with E-state index in [0.717, 1.165) is 5.56 Å². The Labute approximate surface area is 152 Å². The SMILES string of the molecule is Cc1ccc2c(c1)C(=O)c1nc3c(Br)cc(Br)c(Cl)c3c(=O)n1-2. The molecule has 4 rings (SSSR count). The number of rotatable bonds is 0. The Morgan fingerprint density at radius 3 is 2.61 bits per heavy atom. The number of fused-ring (bicyclic) bond motifs is 4. The summed E-state index contributed by atoms with van der Waals surface area (Å²) in [6.07, 6.45) is 0. The molecule has 114 valence electrons. The van der Waals surface area contributed by atoms with Gasteiger partial charge in [0.05, 0.1) is 27.2 Å². The van der Waals surface area contributed by atoms with E-state index in [1.165, 1.54) is 4.57 Å². The Bertz CT molecular complexity index is 1110. The van der Waals surface area contributed by atoms with Crippen LogP contribution in [0.4, 0.5) is 0 Å². The summed E-state index contributed by atoms with van der Waals surface area (Å²) in [7, 11) is 0. The molecule has 1 aromatic heterocycles. The van der Waals surface area contributed by atoms with E-state index < -0.39 is 0 Å². The van der Waals surface area contributed by atoms with E-state index in [0.29, 0.717) is 25.7 Å². The van der Waals surface area contributed by atoms with Crippen LogP contribution in [-0.4, -0.2) is 15.3 Å². The Hall–Kier alpha value is -1.50. The Morgan fingerprint density at radius 2 is 1.87 bits per heavy atom. The molecule has 2 aromatic carbocycles. The van der Waals surface area contributed by atoms with E-state index in [1.807, 2.05) is 13.0 Å². The minimum absolute atomic E-state index is 0.113. The molecule has 0 fully saturated rings. The predicted octanol–water partition coefficient (Wildman–Crippen LogP) is 4.42. The summed E-state index contributed by atoms with van der Waals surface area (Å²) in [5.74, 6) is -0.143. The number of halogens is 3. The number of aryl methyl sites for hydroxylation is 1. The van der Waals surface area contributed by atoms with Gasteiger partial charge in [-0.1, -0.05) is 23.2 Å². The van der Waals surface area contributed by atoms with Crippen LogP contribution in [0, 0.1) is 6.92 Å². The number of hydrogen-bond acceptors (Lipinski definition) is 3. The van der Waals surface area contributed by atoms with Crippen LogP contribution in [0.1, 0.15) is 21.7 Å². The molecule has 0 aliphatic carbocycles. The molecule has 0 N–H and O–H groups in total. The van der Waals surface area contributed by atoms with Crippen molar-refractivity contribution in [1.82, 2.24) is 9.55 Å². The molecule has 0 saturated heterocycles. The second-order valence-corrected chi connectivity index (χ2v) is 7.39. The van der Waals surface area contributed by atoms with Gasteiger partial charge in [0.15, 0.2) is 5.82 Å². The Kier molecular flexibility index (Phi) is 3.27. The first-order chi connectivity index (χ1) is 10.9. The fourth-order valence-electron chi connectivity index (χ4n) is 2.78. The number of nitrogens with zero attached hydrogens (tertiary/aromatic N) is 2. The highest BCUT2D eigenvalue weighted by Gasteiger charge is 2.31. The lowest BCUT2D eigenvalue weighted by Crippen LogP contribution is -2.22. The van der Waals surface area contributed by atoms with E-state index in [2.05, 4.69) is 36.8 Å². The average molecular weight is 455 g/mol. The molecule has 0 unspecified atom stereocenters. The van der Waals surface area contributed by atoms with Gasteiger partial charge in [-0.05, 0) is 57.0 Å². The van der Waals surface area contributed by atoms with Gasteiger partial charge in [-0.2, -0.15) is 0 Å². The van der Waals surface area contributed by atoms with Crippen LogP contribution < -0.4 is 5.56 Å². The van der Waals surface area contributed by atoms with Crippen LogP contribution in [0.5, 0.6) is 0 Å². The molecule has 0 atom stereocenters. The van der Waals surface area contributed by atoms with Gasteiger partial charge in [0.25, 0.3) is 5.56 Å². The Morgan fingerprint density at radius 1 is 1.13 bits per heavy atom. The van der Waals surface area contributed by atoms with Gasteiger partial charge in [0.2, 0.25) is 5.78 Å². The molecule has 4 nitrogen and oxygen atoms in total. The van der Waals surface area contributed by atoms with E-state index in [9.17, 15) is 9.59 Å². The third-order valence-electron chi connectivity index (χ3n) is 3.83. The molecule has 1 aliphatic heterocycles. The molecule has 23 heavy (non-hydrogen) atoms. The number of benzene rings is 2. The molecule has 0 spiro atoms. The zero-order valence-electron chi connectivity index (χ0n) is 11.7. The van der Waals surface area contributed by atoms with E-state index in [-0.39, 0.29) is 27.6 Å². The van der Waals surface area contributed by atoms with Gasteiger partial charge in [-0.25, -0.2) is 4.98 Å². The predicted molar refractivity (Wildman–Crippen MR) is 95.9 cm³/mol. The molecule has 2 heterocycles. The van der Waals surface area contributed by atoms with Gasteiger partial charge in [0, 0.05) is 8.95 Å². The van der Waals surface area contributed by atoms with Crippen molar-refractivity contribution in [3.05, 3.63) is 65.5 Å². The number of hydrogen-bond donors (Lipinski definition) is 0. The number of carbonyl (C=O) groups excluding carboxylic acids is 1. The van der Waals surface area contributed by atoms with Crippen molar-refractivity contribution in [2.75, 3.05) is 0 Å². The normalized spacial score (nSPS) is 12.6. The first kappa shape index (κ1) is 15.1. The maximum Gasteiger partial charge on any atom is 0.267 e. The largest absolute Gasteiger partial charge is 0.285 e. The van der Waals surface area contributed by atoms with Crippen molar-refractivity contribution in [2.45, 2.75) is 6.92 Å². The highest BCUT2D eigenvalue weighted by Crippen LogP contribution is 2.35. The molecular formula is C16H7Br2ClN2O2. The lowest BCUT2D eigenvalue weighted by Gasteiger charge is -2.09. The third kappa shape index (κ3) is 1.98. The molecule has 7 heteroatoms. The lowest BCUT2D eigenvalue weighted by atomic mass is 10.1. The van der Waals surface area contributed by atoms with Gasteiger partial charge >= 0.3 is 0 Å². The van der Waals surface area contributed by atoms with E-state index in [4.69, 9.17) is 11.6 Å². The molecule has 1 aliphatic rings. The number of ketones is 1. The summed E-state index contributed by atoms with van der Waals surface area (Å²) < 4.78 is 2.53.